The summed E-state index contributed by atoms with van der Waals surface area (Å²) in [5, 5.41) is 10.5. The van der Waals surface area contributed by atoms with E-state index < -0.39 is 0 Å². The summed E-state index contributed by atoms with van der Waals surface area (Å²) in [4.78, 5) is 0. The van der Waals surface area contributed by atoms with Crippen molar-refractivity contribution in [1.82, 2.24) is 0 Å². The SMILES string of the molecule is CCCCC1CCC(C(O)Cc2cc(F)ccc2Br)CC1. The van der Waals surface area contributed by atoms with E-state index in [0.29, 0.717) is 12.3 Å². The van der Waals surface area contributed by atoms with Gasteiger partial charge in [-0.1, -0.05) is 55.0 Å². The molecule has 118 valence electrons. The van der Waals surface area contributed by atoms with Gasteiger partial charge in [-0.05, 0) is 54.9 Å². The minimum Gasteiger partial charge on any atom is -0.392 e. The van der Waals surface area contributed by atoms with Gasteiger partial charge in [0.2, 0.25) is 0 Å². The van der Waals surface area contributed by atoms with Gasteiger partial charge in [0.15, 0.2) is 0 Å². The summed E-state index contributed by atoms with van der Waals surface area (Å²) in [6.45, 7) is 2.24. The molecule has 1 aliphatic carbocycles. The molecule has 0 amide bonds. The van der Waals surface area contributed by atoms with Gasteiger partial charge in [-0.2, -0.15) is 0 Å². The molecule has 1 saturated carbocycles. The number of aliphatic hydroxyl groups is 1. The van der Waals surface area contributed by atoms with Gasteiger partial charge in [-0.25, -0.2) is 4.39 Å². The lowest BCUT2D eigenvalue weighted by atomic mass is 9.76. The number of hydrogen-bond acceptors (Lipinski definition) is 1. The summed E-state index contributed by atoms with van der Waals surface area (Å²) >= 11 is 3.44. The molecule has 1 atom stereocenters. The Hall–Kier alpha value is -0.410. The molecular weight excluding hydrogens is 331 g/mol. The predicted molar refractivity (Wildman–Crippen MR) is 88.8 cm³/mol. The van der Waals surface area contributed by atoms with Crippen LogP contribution in [-0.4, -0.2) is 11.2 Å². The van der Waals surface area contributed by atoms with Crippen LogP contribution in [0.2, 0.25) is 0 Å². The van der Waals surface area contributed by atoms with E-state index in [-0.39, 0.29) is 11.9 Å². The van der Waals surface area contributed by atoms with Gasteiger partial charge in [0.1, 0.15) is 5.82 Å². The molecule has 0 aromatic heterocycles. The first-order chi connectivity index (χ1) is 10.1. The molecule has 1 aliphatic rings. The third-order valence-electron chi connectivity index (χ3n) is 4.84. The Morgan fingerprint density at radius 1 is 1.29 bits per heavy atom. The van der Waals surface area contributed by atoms with Gasteiger partial charge in [-0.15, -0.1) is 0 Å². The lowest BCUT2D eigenvalue weighted by Gasteiger charge is -2.31. The van der Waals surface area contributed by atoms with E-state index in [2.05, 4.69) is 22.9 Å². The van der Waals surface area contributed by atoms with E-state index in [1.165, 1.54) is 44.2 Å². The quantitative estimate of drug-likeness (QED) is 0.714. The smallest absolute Gasteiger partial charge is 0.123 e. The minimum atomic E-state index is -0.352. The molecule has 0 saturated heterocycles. The Morgan fingerprint density at radius 2 is 2.00 bits per heavy atom. The second-order valence-electron chi connectivity index (χ2n) is 6.43. The number of benzene rings is 1. The van der Waals surface area contributed by atoms with Crippen LogP contribution in [0.4, 0.5) is 4.39 Å². The van der Waals surface area contributed by atoms with Crippen LogP contribution >= 0.6 is 15.9 Å². The van der Waals surface area contributed by atoms with E-state index >= 15 is 0 Å². The Bertz CT molecular complexity index is 441. The van der Waals surface area contributed by atoms with Crippen LogP contribution < -0.4 is 0 Å². The first kappa shape index (κ1) is 17.0. The first-order valence-corrected chi connectivity index (χ1v) is 9.01. The fourth-order valence-electron chi connectivity index (χ4n) is 3.45. The Kier molecular flexibility index (Phi) is 6.69. The molecule has 0 heterocycles. The molecule has 21 heavy (non-hydrogen) atoms. The monoisotopic (exact) mass is 356 g/mol. The second kappa shape index (κ2) is 8.28. The number of unbranched alkanes of at least 4 members (excludes halogenated alkanes) is 1. The Labute approximate surface area is 136 Å². The average Bonchev–Trinajstić information content (AvgIpc) is 2.49. The van der Waals surface area contributed by atoms with E-state index in [1.54, 1.807) is 6.07 Å². The molecule has 1 nitrogen and oxygen atoms in total. The highest BCUT2D eigenvalue weighted by molar-refractivity contribution is 9.10. The average molecular weight is 357 g/mol. The predicted octanol–water partition coefficient (Wildman–Crippen LogP) is 5.49. The first-order valence-electron chi connectivity index (χ1n) is 8.22. The molecule has 0 bridgehead atoms. The summed E-state index contributed by atoms with van der Waals surface area (Å²) < 4.78 is 14.2. The van der Waals surface area contributed by atoms with E-state index in [9.17, 15) is 9.50 Å². The zero-order chi connectivity index (χ0) is 15.2. The van der Waals surface area contributed by atoms with Crippen LogP contribution in [0.25, 0.3) is 0 Å². The van der Waals surface area contributed by atoms with Crippen molar-refractivity contribution >= 4 is 15.9 Å². The van der Waals surface area contributed by atoms with Crippen LogP contribution in [0.3, 0.4) is 0 Å². The molecular formula is C18H26BrFO. The highest BCUT2D eigenvalue weighted by Gasteiger charge is 2.26. The summed E-state index contributed by atoms with van der Waals surface area (Å²) in [5.41, 5.74) is 0.871. The molecule has 1 aromatic carbocycles. The molecule has 0 spiro atoms. The standard InChI is InChI=1S/C18H26BrFO/c1-2-3-4-13-5-7-14(8-6-13)18(21)12-15-11-16(20)9-10-17(15)19/h9-11,13-14,18,21H,2-8,12H2,1H3. The highest BCUT2D eigenvalue weighted by Crippen LogP contribution is 2.35. The van der Waals surface area contributed by atoms with Gasteiger partial charge >= 0.3 is 0 Å². The molecule has 0 aliphatic heterocycles. The lowest BCUT2D eigenvalue weighted by Crippen LogP contribution is -2.27. The maximum Gasteiger partial charge on any atom is 0.123 e. The molecule has 1 unspecified atom stereocenters. The van der Waals surface area contributed by atoms with E-state index in [4.69, 9.17) is 0 Å². The van der Waals surface area contributed by atoms with Crippen molar-refractivity contribution in [2.24, 2.45) is 11.8 Å². The molecule has 1 N–H and O–H groups in total. The van der Waals surface area contributed by atoms with Gasteiger partial charge in [0.05, 0.1) is 6.10 Å². The fraction of sp³-hybridized carbons (Fsp3) is 0.667. The van der Waals surface area contributed by atoms with Crippen molar-refractivity contribution < 1.29 is 9.50 Å². The van der Waals surface area contributed by atoms with Gasteiger partial charge < -0.3 is 5.11 Å². The molecule has 2 rings (SSSR count). The van der Waals surface area contributed by atoms with Gasteiger partial charge in [0.25, 0.3) is 0 Å². The number of rotatable bonds is 6. The van der Waals surface area contributed by atoms with Crippen molar-refractivity contribution in [3.8, 4) is 0 Å². The summed E-state index contributed by atoms with van der Waals surface area (Å²) in [7, 11) is 0. The topological polar surface area (TPSA) is 20.2 Å². The summed E-state index contributed by atoms with van der Waals surface area (Å²) in [6.07, 6.45) is 8.85. The van der Waals surface area contributed by atoms with Crippen molar-refractivity contribution in [2.75, 3.05) is 0 Å². The second-order valence-corrected chi connectivity index (χ2v) is 7.28. The minimum absolute atomic E-state index is 0.233. The van der Waals surface area contributed by atoms with Gasteiger partial charge in [-0.3, -0.25) is 0 Å². The third kappa shape index (κ3) is 5.07. The molecule has 1 fully saturated rings. The number of aliphatic hydroxyl groups excluding tert-OH is 1. The highest BCUT2D eigenvalue weighted by atomic mass is 79.9. The maximum atomic E-state index is 13.3. The normalized spacial score (nSPS) is 24.0. The number of halogens is 2. The van der Waals surface area contributed by atoms with Crippen LogP contribution in [0, 0.1) is 17.7 Å². The molecule has 3 heteroatoms. The molecule has 1 aromatic rings. The number of hydrogen-bond donors (Lipinski definition) is 1. The van der Waals surface area contributed by atoms with Crippen molar-refractivity contribution in [1.29, 1.82) is 0 Å². The van der Waals surface area contributed by atoms with Crippen LogP contribution in [0.15, 0.2) is 22.7 Å². The summed E-state index contributed by atoms with van der Waals surface area (Å²) in [6, 6.07) is 4.69. The Balaban J connectivity index is 1.84. The van der Waals surface area contributed by atoms with Gasteiger partial charge in [0, 0.05) is 4.47 Å². The van der Waals surface area contributed by atoms with Crippen molar-refractivity contribution in [3.63, 3.8) is 0 Å². The van der Waals surface area contributed by atoms with Crippen molar-refractivity contribution in [3.05, 3.63) is 34.1 Å². The lowest BCUT2D eigenvalue weighted by molar-refractivity contribution is 0.0724. The van der Waals surface area contributed by atoms with E-state index in [1.807, 2.05) is 0 Å². The van der Waals surface area contributed by atoms with E-state index in [0.717, 1.165) is 28.8 Å². The van der Waals surface area contributed by atoms with Crippen molar-refractivity contribution in [2.45, 2.75) is 64.4 Å². The summed E-state index contributed by atoms with van der Waals surface area (Å²) in [5.74, 6) is 0.996. The van der Waals surface area contributed by atoms with Crippen LogP contribution in [0.1, 0.15) is 57.4 Å². The Morgan fingerprint density at radius 3 is 2.67 bits per heavy atom. The van der Waals surface area contributed by atoms with Crippen LogP contribution in [0.5, 0.6) is 0 Å². The zero-order valence-corrected chi connectivity index (χ0v) is 14.4. The largest absolute Gasteiger partial charge is 0.392 e. The maximum absolute atomic E-state index is 13.3. The fourth-order valence-corrected chi connectivity index (χ4v) is 3.85. The van der Waals surface area contributed by atoms with Crippen LogP contribution in [-0.2, 0) is 6.42 Å². The third-order valence-corrected chi connectivity index (χ3v) is 5.61. The molecule has 0 radical (unpaired) electrons. The zero-order valence-electron chi connectivity index (χ0n) is 12.8.